The van der Waals surface area contributed by atoms with Crippen molar-refractivity contribution in [1.82, 2.24) is 4.98 Å². The quantitative estimate of drug-likeness (QED) is 0.343. The molecular weight excluding hydrogens is 439 g/mol. The van der Waals surface area contributed by atoms with Gasteiger partial charge in [0.25, 0.3) is 0 Å². The molecule has 146 valence electrons. The number of benzene rings is 3. The zero-order valence-corrected chi connectivity index (χ0v) is 16.9. The van der Waals surface area contributed by atoms with Crippen molar-refractivity contribution in [2.75, 3.05) is 0 Å². The van der Waals surface area contributed by atoms with Gasteiger partial charge in [0, 0.05) is 16.5 Å². The molecular formula is C21H11Cl2F2NO2S. The maximum absolute atomic E-state index is 13.8. The second kappa shape index (κ2) is 7.37. The van der Waals surface area contributed by atoms with E-state index in [4.69, 9.17) is 23.2 Å². The molecule has 0 unspecified atom stereocenters. The van der Waals surface area contributed by atoms with Crippen LogP contribution in [0.15, 0.2) is 76.7 Å². The van der Waals surface area contributed by atoms with Crippen LogP contribution in [0.1, 0.15) is 0 Å². The second-order valence-corrected chi connectivity index (χ2v) is 9.00. The van der Waals surface area contributed by atoms with E-state index >= 15 is 0 Å². The van der Waals surface area contributed by atoms with E-state index in [0.29, 0.717) is 21.5 Å². The van der Waals surface area contributed by atoms with Crippen LogP contribution in [-0.4, -0.2) is 13.4 Å². The van der Waals surface area contributed by atoms with Gasteiger partial charge in [-0.1, -0.05) is 35.3 Å². The third-order valence-corrected chi connectivity index (χ3v) is 6.52. The average Bonchev–Trinajstić information content (AvgIpc) is 2.68. The van der Waals surface area contributed by atoms with Crippen molar-refractivity contribution in [3.8, 4) is 11.1 Å². The lowest BCUT2D eigenvalue weighted by molar-refractivity contribution is 0.591. The Morgan fingerprint density at radius 1 is 0.862 bits per heavy atom. The summed E-state index contributed by atoms with van der Waals surface area (Å²) in [6.07, 6.45) is 0. The molecule has 4 rings (SSSR count). The molecule has 0 saturated heterocycles. The Morgan fingerprint density at radius 2 is 1.66 bits per heavy atom. The van der Waals surface area contributed by atoms with Gasteiger partial charge in [-0.05, 0) is 59.7 Å². The van der Waals surface area contributed by atoms with Crippen molar-refractivity contribution in [3.63, 3.8) is 0 Å². The molecule has 0 aliphatic rings. The summed E-state index contributed by atoms with van der Waals surface area (Å²) in [5, 5.41) is 0.385. The molecule has 0 N–H and O–H groups in total. The van der Waals surface area contributed by atoms with Crippen molar-refractivity contribution in [2.45, 2.75) is 9.92 Å². The van der Waals surface area contributed by atoms with E-state index in [2.05, 4.69) is 4.98 Å². The van der Waals surface area contributed by atoms with Gasteiger partial charge in [0.1, 0.15) is 11.6 Å². The van der Waals surface area contributed by atoms with Crippen molar-refractivity contribution in [2.24, 2.45) is 0 Å². The monoisotopic (exact) mass is 449 g/mol. The number of sulfone groups is 1. The maximum atomic E-state index is 13.8. The number of pyridine rings is 1. The van der Waals surface area contributed by atoms with Gasteiger partial charge in [-0.15, -0.1) is 0 Å². The minimum Gasteiger partial charge on any atom is -0.236 e. The Kier molecular flexibility index (Phi) is 5.02. The molecule has 0 atom stereocenters. The number of hydrogen-bond donors (Lipinski definition) is 0. The highest BCUT2D eigenvalue weighted by Crippen LogP contribution is 2.33. The predicted molar refractivity (Wildman–Crippen MR) is 109 cm³/mol. The normalized spacial score (nSPS) is 11.7. The van der Waals surface area contributed by atoms with Crippen LogP contribution in [0.2, 0.25) is 10.0 Å². The molecule has 0 amide bonds. The van der Waals surface area contributed by atoms with Crippen LogP contribution in [0.5, 0.6) is 0 Å². The Labute approximate surface area is 175 Å². The highest BCUT2D eigenvalue weighted by atomic mass is 35.5. The minimum atomic E-state index is -4.14. The van der Waals surface area contributed by atoms with Gasteiger partial charge in [-0.25, -0.2) is 22.2 Å². The Hall–Kier alpha value is -2.54. The van der Waals surface area contributed by atoms with Crippen LogP contribution < -0.4 is 0 Å². The summed E-state index contributed by atoms with van der Waals surface area (Å²) in [6, 6.07) is 15.3. The first-order valence-corrected chi connectivity index (χ1v) is 10.6. The summed E-state index contributed by atoms with van der Waals surface area (Å²) >= 11 is 11.8. The molecule has 29 heavy (non-hydrogen) atoms. The number of fused-ring (bicyclic) bond motifs is 1. The largest absolute Gasteiger partial charge is 0.236 e. The van der Waals surface area contributed by atoms with Crippen LogP contribution in [0.4, 0.5) is 8.78 Å². The molecule has 0 fully saturated rings. The molecule has 1 heterocycles. The Bertz CT molecular complexity index is 1370. The molecule has 0 aliphatic heterocycles. The van der Waals surface area contributed by atoms with Crippen LogP contribution in [-0.2, 0) is 9.84 Å². The SMILES string of the molecule is O=S(=O)(c1ccc(F)c(Cl)c1)c1cc(-c2cccc(Cl)c2)c2ccc(F)cc2n1. The van der Waals surface area contributed by atoms with Gasteiger partial charge in [-0.3, -0.25) is 0 Å². The van der Waals surface area contributed by atoms with Crippen molar-refractivity contribution < 1.29 is 17.2 Å². The Balaban J connectivity index is 2.01. The smallest absolute Gasteiger partial charge is 0.223 e. The fourth-order valence-corrected chi connectivity index (χ4v) is 4.66. The third-order valence-electron chi connectivity index (χ3n) is 4.36. The molecule has 0 saturated carbocycles. The van der Waals surface area contributed by atoms with Crippen molar-refractivity contribution >= 4 is 43.9 Å². The summed E-state index contributed by atoms with van der Waals surface area (Å²) in [5.41, 5.74) is 1.32. The number of rotatable bonds is 3. The van der Waals surface area contributed by atoms with Crippen molar-refractivity contribution in [1.29, 1.82) is 0 Å². The lowest BCUT2D eigenvalue weighted by atomic mass is 10.0. The van der Waals surface area contributed by atoms with Crippen molar-refractivity contribution in [3.05, 3.63) is 88.4 Å². The molecule has 0 bridgehead atoms. The fraction of sp³-hybridized carbons (Fsp3) is 0. The topological polar surface area (TPSA) is 47.0 Å². The summed E-state index contributed by atoms with van der Waals surface area (Å²) < 4.78 is 53.5. The van der Waals surface area contributed by atoms with E-state index in [9.17, 15) is 17.2 Å². The van der Waals surface area contributed by atoms with E-state index in [1.165, 1.54) is 18.2 Å². The lowest BCUT2D eigenvalue weighted by Crippen LogP contribution is -2.06. The number of hydrogen-bond acceptors (Lipinski definition) is 3. The average molecular weight is 450 g/mol. The molecule has 0 radical (unpaired) electrons. The summed E-state index contributed by atoms with van der Waals surface area (Å²) in [6.45, 7) is 0. The van der Waals surface area contributed by atoms with E-state index in [1.54, 1.807) is 24.3 Å². The van der Waals surface area contributed by atoms with Gasteiger partial charge in [-0.2, -0.15) is 0 Å². The molecule has 1 aromatic heterocycles. The predicted octanol–water partition coefficient (Wildman–Crippen LogP) is 6.32. The van der Waals surface area contributed by atoms with E-state index < -0.39 is 21.5 Å². The lowest BCUT2D eigenvalue weighted by Gasteiger charge is -2.11. The number of aromatic nitrogens is 1. The standard InChI is InChI=1S/C21H11Cl2F2NO2S/c22-13-3-1-2-12(8-13)17-11-21(26-20-9-14(24)4-6-16(17)20)29(27,28)15-5-7-19(25)18(23)10-15/h1-11H. The minimum absolute atomic E-state index is 0.161. The molecule has 3 nitrogen and oxygen atoms in total. The second-order valence-electron chi connectivity index (χ2n) is 6.26. The van der Waals surface area contributed by atoms with Crippen LogP contribution in [0.25, 0.3) is 22.0 Å². The first-order valence-electron chi connectivity index (χ1n) is 8.32. The molecule has 8 heteroatoms. The van der Waals surface area contributed by atoms with Gasteiger partial charge < -0.3 is 0 Å². The zero-order chi connectivity index (χ0) is 20.8. The van der Waals surface area contributed by atoms with E-state index in [0.717, 1.165) is 24.3 Å². The van der Waals surface area contributed by atoms with E-state index in [1.807, 2.05) is 0 Å². The maximum Gasteiger partial charge on any atom is 0.223 e. The Morgan fingerprint density at radius 3 is 2.38 bits per heavy atom. The summed E-state index contributed by atoms with van der Waals surface area (Å²) in [7, 11) is -4.14. The molecule has 3 aromatic carbocycles. The molecule has 0 spiro atoms. The van der Waals surface area contributed by atoms with Gasteiger partial charge in [0.2, 0.25) is 9.84 Å². The summed E-state index contributed by atoms with van der Waals surface area (Å²) in [4.78, 5) is 3.93. The van der Waals surface area contributed by atoms with Crippen LogP contribution >= 0.6 is 23.2 Å². The highest BCUT2D eigenvalue weighted by molar-refractivity contribution is 7.91. The molecule has 0 aliphatic carbocycles. The molecule has 4 aromatic rings. The zero-order valence-electron chi connectivity index (χ0n) is 14.5. The van der Waals surface area contributed by atoms with Gasteiger partial charge >= 0.3 is 0 Å². The van der Waals surface area contributed by atoms with Gasteiger partial charge in [0.15, 0.2) is 5.03 Å². The van der Waals surface area contributed by atoms with E-state index in [-0.39, 0.29) is 20.5 Å². The van der Waals surface area contributed by atoms with Gasteiger partial charge in [0.05, 0.1) is 15.4 Å². The van der Waals surface area contributed by atoms with Crippen LogP contribution in [0.3, 0.4) is 0 Å². The van der Waals surface area contributed by atoms with Crippen LogP contribution in [0, 0.1) is 11.6 Å². The highest BCUT2D eigenvalue weighted by Gasteiger charge is 2.23. The third kappa shape index (κ3) is 3.71. The first-order chi connectivity index (χ1) is 13.8. The number of halogens is 4. The fourth-order valence-electron chi connectivity index (χ4n) is 2.97. The summed E-state index contributed by atoms with van der Waals surface area (Å²) in [5.74, 6) is -1.29. The number of nitrogens with zero attached hydrogens (tertiary/aromatic N) is 1. The first kappa shape index (κ1) is 19.8.